The molecule has 0 aromatic carbocycles. The van der Waals surface area contributed by atoms with Crippen LogP contribution in [0.15, 0.2) is 17.3 Å². The van der Waals surface area contributed by atoms with E-state index in [4.69, 9.17) is 23.2 Å². The van der Waals surface area contributed by atoms with Gasteiger partial charge in [-0.15, -0.1) is 24.0 Å². The number of nitrogens with one attached hydrogen (secondary N) is 3. The van der Waals surface area contributed by atoms with Crippen LogP contribution in [0.25, 0.3) is 0 Å². The van der Waals surface area contributed by atoms with Crippen LogP contribution in [-0.2, 0) is 0 Å². The molecule has 0 saturated carbocycles. The average Bonchev–Trinajstić information content (AvgIpc) is 2.38. The maximum Gasteiger partial charge on any atom is 0.191 e. The molecule has 0 aliphatic carbocycles. The Morgan fingerprint density at radius 2 is 2.05 bits per heavy atom. The number of nitrogens with zero attached hydrogens (tertiary/aromatic N) is 2. The first kappa shape index (κ1) is 16.6. The molecule has 106 valence electrons. The molecular weight excluding hydrogens is 400 g/mol. The molecular formula is C11H16Cl2IN5. The number of aromatic nitrogens is 1. The maximum absolute atomic E-state index is 5.99. The summed E-state index contributed by atoms with van der Waals surface area (Å²) in [6.45, 7) is 3.30. The molecule has 0 bridgehead atoms. The minimum atomic E-state index is 0. The van der Waals surface area contributed by atoms with Gasteiger partial charge in [-0.2, -0.15) is 0 Å². The fraction of sp³-hybridized carbons (Fsp3) is 0.455. The highest BCUT2D eigenvalue weighted by Crippen LogP contribution is 2.21. The number of hydrogen-bond donors (Lipinski definition) is 3. The van der Waals surface area contributed by atoms with Crippen molar-refractivity contribution >= 4 is 59.0 Å². The van der Waals surface area contributed by atoms with Crippen LogP contribution in [0.5, 0.6) is 0 Å². The second-order valence-corrected chi connectivity index (χ2v) is 4.69. The Morgan fingerprint density at radius 1 is 1.26 bits per heavy atom. The summed E-state index contributed by atoms with van der Waals surface area (Å²) in [4.78, 5) is 8.42. The molecule has 0 amide bonds. The van der Waals surface area contributed by atoms with Crippen molar-refractivity contribution in [3.8, 4) is 0 Å². The van der Waals surface area contributed by atoms with E-state index < -0.39 is 0 Å². The molecule has 1 aliphatic heterocycles. The van der Waals surface area contributed by atoms with Gasteiger partial charge in [0.25, 0.3) is 0 Å². The van der Waals surface area contributed by atoms with Crippen molar-refractivity contribution in [3.63, 3.8) is 0 Å². The second-order valence-electron chi connectivity index (χ2n) is 3.85. The first-order valence-corrected chi connectivity index (χ1v) is 6.58. The molecule has 0 spiro atoms. The Morgan fingerprint density at radius 3 is 2.74 bits per heavy atom. The van der Waals surface area contributed by atoms with E-state index in [1.807, 2.05) is 0 Å². The molecule has 5 nitrogen and oxygen atoms in total. The summed E-state index contributed by atoms with van der Waals surface area (Å²) in [6, 6.07) is 1.67. The molecule has 8 heteroatoms. The van der Waals surface area contributed by atoms with Gasteiger partial charge in [-0.3, -0.25) is 4.99 Å². The molecule has 2 rings (SSSR count). The molecule has 0 unspecified atom stereocenters. The predicted molar refractivity (Wildman–Crippen MR) is 91.1 cm³/mol. The van der Waals surface area contributed by atoms with E-state index in [1.54, 1.807) is 12.3 Å². The second kappa shape index (κ2) is 8.65. The summed E-state index contributed by atoms with van der Waals surface area (Å²) < 4.78 is 0. The average molecular weight is 416 g/mol. The zero-order valence-electron chi connectivity index (χ0n) is 10.2. The smallest absolute Gasteiger partial charge is 0.191 e. The Bertz CT molecular complexity index is 441. The molecule has 1 aliphatic rings. The standard InChI is InChI=1S/C11H15Cl2N5.HI/c12-8-6-9(13)10(18-7-8)14-4-5-17-11-15-2-1-3-16-11;/h6-7H,1-5H2,(H,14,18)(H2,15,16,17);1H. The fourth-order valence-corrected chi connectivity index (χ4v) is 2.00. The summed E-state index contributed by atoms with van der Waals surface area (Å²) in [6.07, 6.45) is 2.66. The summed E-state index contributed by atoms with van der Waals surface area (Å²) in [5, 5.41) is 10.6. The van der Waals surface area contributed by atoms with Crippen molar-refractivity contribution in [2.45, 2.75) is 6.42 Å². The fourth-order valence-electron chi connectivity index (χ4n) is 1.56. The lowest BCUT2D eigenvalue weighted by molar-refractivity contribution is 0.705. The van der Waals surface area contributed by atoms with Crippen molar-refractivity contribution in [1.29, 1.82) is 0 Å². The topological polar surface area (TPSA) is 61.3 Å². The third-order valence-corrected chi connectivity index (χ3v) is 2.91. The van der Waals surface area contributed by atoms with Gasteiger partial charge in [0.1, 0.15) is 5.82 Å². The SMILES string of the molecule is Clc1cnc(NCCNC2=NCCCN2)c(Cl)c1.I. The molecule has 1 aromatic heterocycles. The van der Waals surface area contributed by atoms with Gasteiger partial charge in [-0.1, -0.05) is 23.2 Å². The number of rotatable bonds is 4. The van der Waals surface area contributed by atoms with Crippen LogP contribution in [0.4, 0.5) is 5.82 Å². The van der Waals surface area contributed by atoms with Crippen LogP contribution in [0.1, 0.15) is 6.42 Å². The van der Waals surface area contributed by atoms with E-state index in [2.05, 4.69) is 25.9 Å². The van der Waals surface area contributed by atoms with Gasteiger partial charge in [0.05, 0.1) is 10.0 Å². The number of anilines is 1. The molecule has 1 aromatic rings. The van der Waals surface area contributed by atoms with E-state index in [0.717, 1.165) is 32.0 Å². The molecule has 19 heavy (non-hydrogen) atoms. The summed E-state index contributed by atoms with van der Waals surface area (Å²) in [7, 11) is 0. The lowest BCUT2D eigenvalue weighted by Crippen LogP contribution is -2.42. The molecule has 3 N–H and O–H groups in total. The molecule has 0 atom stereocenters. The van der Waals surface area contributed by atoms with Crippen LogP contribution >= 0.6 is 47.2 Å². The van der Waals surface area contributed by atoms with Crippen LogP contribution in [0.3, 0.4) is 0 Å². The third kappa shape index (κ3) is 5.58. The minimum absolute atomic E-state index is 0. The summed E-state index contributed by atoms with van der Waals surface area (Å²) >= 11 is 11.8. The third-order valence-electron chi connectivity index (χ3n) is 2.41. The number of aliphatic imine (C=N–C) groups is 1. The van der Waals surface area contributed by atoms with Gasteiger partial charge in [0, 0.05) is 32.4 Å². The first-order chi connectivity index (χ1) is 8.75. The van der Waals surface area contributed by atoms with Crippen LogP contribution in [0, 0.1) is 0 Å². The lowest BCUT2D eigenvalue weighted by atomic mass is 10.4. The summed E-state index contributed by atoms with van der Waals surface area (Å²) in [5.74, 6) is 1.50. The predicted octanol–water partition coefficient (Wildman–Crippen LogP) is 2.36. The number of hydrogen-bond acceptors (Lipinski definition) is 5. The monoisotopic (exact) mass is 415 g/mol. The van der Waals surface area contributed by atoms with Crippen LogP contribution in [0.2, 0.25) is 10.0 Å². The van der Waals surface area contributed by atoms with Crippen molar-refractivity contribution in [2.24, 2.45) is 4.99 Å². The van der Waals surface area contributed by atoms with Crippen LogP contribution in [-0.4, -0.2) is 37.1 Å². The van der Waals surface area contributed by atoms with Gasteiger partial charge in [0.15, 0.2) is 5.96 Å². The van der Waals surface area contributed by atoms with Crippen molar-refractivity contribution in [1.82, 2.24) is 15.6 Å². The molecule has 0 radical (unpaired) electrons. The van der Waals surface area contributed by atoms with E-state index >= 15 is 0 Å². The largest absolute Gasteiger partial charge is 0.367 e. The number of guanidine groups is 1. The van der Waals surface area contributed by atoms with Crippen molar-refractivity contribution in [3.05, 3.63) is 22.3 Å². The normalized spacial score (nSPS) is 13.9. The lowest BCUT2D eigenvalue weighted by Gasteiger charge is -2.16. The Hall–Kier alpha value is -0.470. The number of pyridine rings is 1. The zero-order valence-corrected chi connectivity index (χ0v) is 14.1. The van der Waals surface area contributed by atoms with E-state index in [9.17, 15) is 0 Å². The van der Waals surface area contributed by atoms with Crippen molar-refractivity contribution < 1.29 is 0 Å². The number of halogens is 3. The Kier molecular flexibility index (Phi) is 7.55. The molecule has 2 heterocycles. The van der Waals surface area contributed by atoms with Gasteiger partial charge in [-0.05, 0) is 12.5 Å². The summed E-state index contributed by atoms with van der Waals surface area (Å²) in [5.41, 5.74) is 0. The first-order valence-electron chi connectivity index (χ1n) is 5.83. The zero-order chi connectivity index (χ0) is 12.8. The quantitative estimate of drug-likeness (QED) is 0.521. The van der Waals surface area contributed by atoms with E-state index in [1.165, 1.54) is 0 Å². The van der Waals surface area contributed by atoms with Crippen LogP contribution < -0.4 is 16.0 Å². The molecule has 0 fully saturated rings. The maximum atomic E-state index is 5.99. The highest BCUT2D eigenvalue weighted by molar-refractivity contribution is 14.0. The van der Waals surface area contributed by atoms with Gasteiger partial charge in [0.2, 0.25) is 0 Å². The highest BCUT2D eigenvalue weighted by Gasteiger charge is 2.04. The Labute approximate surface area is 139 Å². The van der Waals surface area contributed by atoms with E-state index in [-0.39, 0.29) is 24.0 Å². The Balaban J connectivity index is 0.00000180. The van der Waals surface area contributed by atoms with Gasteiger partial charge >= 0.3 is 0 Å². The van der Waals surface area contributed by atoms with Gasteiger partial charge < -0.3 is 16.0 Å². The van der Waals surface area contributed by atoms with Gasteiger partial charge in [-0.25, -0.2) is 4.98 Å². The highest BCUT2D eigenvalue weighted by atomic mass is 127. The van der Waals surface area contributed by atoms with Crippen molar-refractivity contribution in [2.75, 3.05) is 31.5 Å². The minimum Gasteiger partial charge on any atom is -0.367 e. The van der Waals surface area contributed by atoms with E-state index in [0.29, 0.717) is 22.4 Å². The molecule has 0 saturated heterocycles.